The molecule has 3 aromatic carbocycles. The maximum Gasteiger partial charge on any atom is 0.407 e. The van der Waals surface area contributed by atoms with Crippen molar-refractivity contribution in [3.63, 3.8) is 0 Å². The Morgan fingerprint density at radius 3 is 2.33 bits per heavy atom. The Kier molecular flexibility index (Phi) is 11.7. The molecule has 3 aromatic rings. The van der Waals surface area contributed by atoms with Crippen LogP contribution in [0.3, 0.4) is 0 Å². The van der Waals surface area contributed by atoms with Crippen LogP contribution in [0.15, 0.2) is 66.7 Å². The van der Waals surface area contributed by atoms with E-state index in [1.54, 1.807) is 50.2 Å². The smallest absolute Gasteiger partial charge is 0.407 e. The first-order chi connectivity index (χ1) is 19.9. The second-order valence-corrected chi connectivity index (χ2v) is 12.2. The van der Waals surface area contributed by atoms with Crippen LogP contribution in [0, 0.1) is 0 Å². The van der Waals surface area contributed by atoms with Crippen LogP contribution in [-0.4, -0.2) is 72.2 Å². The number of carboxylic acid groups (broad SMARTS) is 1. The average Bonchev–Trinajstić information content (AvgIpc) is 2.93. The van der Waals surface area contributed by atoms with Crippen molar-refractivity contribution in [3.05, 3.63) is 88.4 Å². The summed E-state index contributed by atoms with van der Waals surface area (Å²) in [6.07, 6.45) is -2.02. The molecular formula is C30H35ClN2O8S. The lowest BCUT2D eigenvalue weighted by atomic mass is 10.0. The summed E-state index contributed by atoms with van der Waals surface area (Å²) in [4.78, 5) is 25.7. The summed E-state index contributed by atoms with van der Waals surface area (Å²) in [5.74, 6) is -0.988. The van der Waals surface area contributed by atoms with Gasteiger partial charge < -0.3 is 25.0 Å². The number of nitrogens with one attached hydrogen (secondary N) is 1. The Hall–Kier alpha value is -3.64. The predicted molar refractivity (Wildman–Crippen MR) is 160 cm³/mol. The standard InChI is InChI=1S/C30H35ClN2O8S/c1-20(2)41-28-18-23(11-12-26(28)29(36)32-42(39,40)16-4-15-34)22-9-7-21(8-10-22)13-14-33(30(37)38)19-27(35)24-5-3-6-25(31)17-24/h3,5-12,17-18,20,27,34-35H,4,13-16,19H2,1-2H3,(H,32,36)(H,37,38)/t27-/m0/s1. The van der Waals surface area contributed by atoms with Gasteiger partial charge in [-0.25, -0.2) is 17.9 Å². The lowest BCUT2D eigenvalue weighted by Gasteiger charge is -2.23. The first kappa shape index (κ1) is 32.9. The van der Waals surface area contributed by atoms with Gasteiger partial charge in [-0.15, -0.1) is 0 Å². The molecule has 4 N–H and O–H groups in total. The van der Waals surface area contributed by atoms with Crippen molar-refractivity contribution in [1.82, 2.24) is 9.62 Å². The van der Waals surface area contributed by atoms with Crippen molar-refractivity contribution in [2.45, 2.75) is 38.9 Å². The summed E-state index contributed by atoms with van der Waals surface area (Å²) in [6, 6.07) is 18.9. The minimum atomic E-state index is -3.92. The summed E-state index contributed by atoms with van der Waals surface area (Å²) in [6.45, 7) is 3.33. The van der Waals surface area contributed by atoms with Crippen molar-refractivity contribution < 1.29 is 38.1 Å². The summed E-state index contributed by atoms with van der Waals surface area (Å²) < 4.78 is 32.1. The molecule has 0 aliphatic rings. The first-order valence-electron chi connectivity index (χ1n) is 13.4. The number of aliphatic hydroxyl groups excluding tert-OH is 2. The zero-order valence-electron chi connectivity index (χ0n) is 23.4. The molecule has 2 amide bonds. The van der Waals surface area contributed by atoms with E-state index >= 15 is 0 Å². The number of carbonyl (C=O) groups is 2. The number of ether oxygens (including phenoxy) is 1. The van der Waals surface area contributed by atoms with Crippen LogP contribution < -0.4 is 9.46 Å². The van der Waals surface area contributed by atoms with Crippen LogP contribution >= 0.6 is 11.6 Å². The Bertz CT molecular complexity index is 1480. The number of hydrogen-bond donors (Lipinski definition) is 4. The summed E-state index contributed by atoms with van der Waals surface area (Å²) in [7, 11) is -3.92. The normalized spacial score (nSPS) is 12.1. The fraction of sp³-hybridized carbons (Fsp3) is 0.333. The van der Waals surface area contributed by atoms with Gasteiger partial charge in [0.15, 0.2) is 0 Å². The third-order valence-electron chi connectivity index (χ3n) is 6.26. The van der Waals surface area contributed by atoms with Crippen molar-refractivity contribution in [2.24, 2.45) is 0 Å². The molecule has 226 valence electrons. The van der Waals surface area contributed by atoms with Crippen molar-refractivity contribution in [1.29, 1.82) is 0 Å². The Balaban J connectivity index is 1.71. The summed E-state index contributed by atoms with van der Waals surface area (Å²) in [5, 5.41) is 29.5. The van der Waals surface area contributed by atoms with Gasteiger partial charge in [0.2, 0.25) is 10.0 Å². The van der Waals surface area contributed by atoms with Crippen LogP contribution in [0.1, 0.15) is 47.9 Å². The molecule has 1 atom stereocenters. The third kappa shape index (κ3) is 9.73. The number of carbonyl (C=O) groups excluding carboxylic acids is 1. The fourth-order valence-electron chi connectivity index (χ4n) is 4.16. The van der Waals surface area contributed by atoms with Crippen LogP contribution in [0.2, 0.25) is 5.02 Å². The third-order valence-corrected chi connectivity index (χ3v) is 7.82. The molecule has 0 saturated heterocycles. The molecule has 0 aromatic heterocycles. The molecule has 0 saturated carbocycles. The molecule has 0 fully saturated rings. The van der Waals surface area contributed by atoms with E-state index in [4.69, 9.17) is 21.4 Å². The van der Waals surface area contributed by atoms with E-state index < -0.39 is 28.1 Å². The fourth-order valence-corrected chi connectivity index (χ4v) is 5.37. The molecule has 0 bridgehead atoms. The highest BCUT2D eigenvalue weighted by atomic mass is 35.5. The van der Waals surface area contributed by atoms with Crippen LogP contribution in [0.4, 0.5) is 4.79 Å². The Morgan fingerprint density at radius 1 is 1.02 bits per heavy atom. The van der Waals surface area contributed by atoms with E-state index in [0.717, 1.165) is 21.6 Å². The molecule has 0 aliphatic heterocycles. The maximum atomic E-state index is 12.8. The van der Waals surface area contributed by atoms with E-state index in [2.05, 4.69) is 0 Å². The number of hydrogen-bond acceptors (Lipinski definition) is 7. The van der Waals surface area contributed by atoms with Crippen molar-refractivity contribution in [3.8, 4) is 16.9 Å². The Labute approximate surface area is 250 Å². The van der Waals surface area contributed by atoms with Gasteiger partial charge in [-0.3, -0.25) is 4.79 Å². The van der Waals surface area contributed by atoms with E-state index in [1.807, 2.05) is 29.0 Å². The quantitative estimate of drug-likeness (QED) is 0.206. The van der Waals surface area contributed by atoms with Gasteiger partial charge in [-0.2, -0.15) is 0 Å². The second-order valence-electron chi connectivity index (χ2n) is 9.95. The lowest BCUT2D eigenvalue weighted by Crippen LogP contribution is -2.35. The van der Waals surface area contributed by atoms with Gasteiger partial charge in [0, 0.05) is 18.2 Å². The lowest BCUT2D eigenvalue weighted by molar-refractivity contribution is 0.0970. The average molecular weight is 619 g/mol. The monoisotopic (exact) mass is 618 g/mol. The van der Waals surface area contributed by atoms with Gasteiger partial charge in [-0.05, 0) is 73.2 Å². The second kappa shape index (κ2) is 15.0. The number of nitrogens with zero attached hydrogens (tertiary/aromatic N) is 1. The number of rotatable bonds is 14. The Morgan fingerprint density at radius 2 is 1.71 bits per heavy atom. The highest BCUT2D eigenvalue weighted by Crippen LogP contribution is 2.29. The SMILES string of the molecule is CC(C)Oc1cc(-c2ccc(CCN(C[C@H](O)c3cccc(Cl)c3)C(=O)O)cc2)ccc1C(=O)NS(=O)(=O)CCCO. The van der Waals surface area contributed by atoms with Crippen molar-refractivity contribution >= 4 is 33.6 Å². The number of sulfonamides is 1. The molecule has 12 heteroatoms. The van der Waals surface area contributed by atoms with Gasteiger partial charge >= 0.3 is 6.09 Å². The molecule has 42 heavy (non-hydrogen) atoms. The van der Waals surface area contributed by atoms with Gasteiger partial charge in [0.05, 0.1) is 30.1 Å². The number of amides is 2. The largest absolute Gasteiger partial charge is 0.490 e. The molecule has 0 heterocycles. The molecular weight excluding hydrogens is 584 g/mol. The number of benzene rings is 3. The van der Waals surface area contributed by atoms with Gasteiger partial charge in [0.1, 0.15) is 5.75 Å². The highest BCUT2D eigenvalue weighted by Gasteiger charge is 2.21. The molecule has 10 nitrogen and oxygen atoms in total. The van der Waals surface area contributed by atoms with Gasteiger partial charge in [0.25, 0.3) is 5.91 Å². The first-order valence-corrected chi connectivity index (χ1v) is 15.4. The van der Waals surface area contributed by atoms with E-state index in [0.29, 0.717) is 17.0 Å². The number of halogens is 1. The molecule has 3 rings (SSSR count). The summed E-state index contributed by atoms with van der Waals surface area (Å²) in [5.41, 5.74) is 3.01. The highest BCUT2D eigenvalue weighted by molar-refractivity contribution is 7.90. The summed E-state index contributed by atoms with van der Waals surface area (Å²) >= 11 is 5.98. The minimum absolute atomic E-state index is 0.00615. The zero-order chi connectivity index (χ0) is 30.9. The molecule has 0 unspecified atom stereocenters. The minimum Gasteiger partial charge on any atom is -0.490 e. The van der Waals surface area contributed by atoms with Crippen LogP contribution in [0.25, 0.3) is 11.1 Å². The maximum absolute atomic E-state index is 12.8. The van der Waals surface area contributed by atoms with Crippen LogP contribution in [0.5, 0.6) is 5.75 Å². The topological polar surface area (TPSA) is 153 Å². The zero-order valence-corrected chi connectivity index (χ0v) is 24.9. The van der Waals surface area contributed by atoms with Gasteiger partial charge in [-0.1, -0.05) is 54.1 Å². The van der Waals surface area contributed by atoms with Crippen molar-refractivity contribution in [2.75, 3.05) is 25.4 Å². The molecule has 0 spiro atoms. The van der Waals surface area contributed by atoms with E-state index in [-0.39, 0.29) is 49.3 Å². The van der Waals surface area contributed by atoms with Crippen LogP contribution in [-0.2, 0) is 16.4 Å². The molecule has 0 radical (unpaired) electrons. The number of aliphatic hydroxyl groups is 2. The molecule has 0 aliphatic carbocycles. The predicted octanol–water partition coefficient (Wildman–Crippen LogP) is 4.49. The van der Waals surface area contributed by atoms with E-state index in [9.17, 15) is 28.2 Å². The van der Waals surface area contributed by atoms with E-state index in [1.165, 1.54) is 6.07 Å².